The molecule has 8 heteroatoms. The van der Waals surface area contributed by atoms with Gasteiger partial charge in [0.1, 0.15) is 11.8 Å². The normalized spacial score (nSPS) is 11.4. The van der Waals surface area contributed by atoms with E-state index in [1.165, 1.54) is 0 Å². The van der Waals surface area contributed by atoms with E-state index in [1.807, 2.05) is 24.3 Å². The van der Waals surface area contributed by atoms with Crippen LogP contribution in [-0.2, 0) is 4.79 Å². The first kappa shape index (κ1) is 18.9. The van der Waals surface area contributed by atoms with Gasteiger partial charge in [-0.2, -0.15) is 4.98 Å². The molecular formula is C15H21ClN4O3. The lowest BCUT2D eigenvalue weighted by Crippen LogP contribution is -2.27. The van der Waals surface area contributed by atoms with Crippen LogP contribution in [0.4, 0.5) is 0 Å². The third-order valence-electron chi connectivity index (χ3n) is 3.15. The van der Waals surface area contributed by atoms with Gasteiger partial charge >= 0.3 is 0 Å². The van der Waals surface area contributed by atoms with Crippen LogP contribution >= 0.6 is 12.4 Å². The molecule has 0 fully saturated rings. The maximum atomic E-state index is 11.7. The molecule has 0 radical (unpaired) electrons. The number of hydrogen-bond donors (Lipinski definition) is 2. The fourth-order valence-corrected chi connectivity index (χ4v) is 1.99. The smallest absolute Gasteiger partial charge is 0.249 e. The van der Waals surface area contributed by atoms with Gasteiger partial charge in [-0.1, -0.05) is 17.3 Å². The number of hydrogen-bond acceptors (Lipinski definition) is 6. The molecule has 1 atom stereocenters. The third-order valence-corrected chi connectivity index (χ3v) is 3.15. The van der Waals surface area contributed by atoms with Crippen molar-refractivity contribution in [3.63, 3.8) is 0 Å². The number of para-hydroxylation sites is 1. The zero-order chi connectivity index (χ0) is 15.9. The number of carbonyl (C=O) groups is 1. The molecule has 1 heterocycles. The van der Waals surface area contributed by atoms with Gasteiger partial charge in [0.05, 0.1) is 12.7 Å². The number of methoxy groups -OCH3 is 1. The van der Waals surface area contributed by atoms with Crippen molar-refractivity contribution in [3.05, 3.63) is 30.2 Å². The number of amides is 1. The van der Waals surface area contributed by atoms with E-state index in [1.54, 1.807) is 14.0 Å². The van der Waals surface area contributed by atoms with E-state index in [0.29, 0.717) is 36.9 Å². The van der Waals surface area contributed by atoms with Crippen LogP contribution in [0, 0.1) is 0 Å². The van der Waals surface area contributed by atoms with E-state index < -0.39 is 0 Å². The fraction of sp³-hybridized carbons (Fsp3) is 0.400. The predicted molar refractivity (Wildman–Crippen MR) is 88.4 cm³/mol. The molecule has 2 aromatic rings. The van der Waals surface area contributed by atoms with Crippen LogP contribution in [0.1, 0.15) is 31.7 Å². The maximum Gasteiger partial charge on any atom is 0.249 e. The number of nitrogens with one attached hydrogen (secondary N) is 1. The topological polar surface area (TPSA) is 103 Å². The molecule has 3 N–H and O–H groups in total. The molecule has 126 valence electrons. The number of rotatable bonds is 7. The van der Waals surface area contributed by atoms with Crippen LogP contribution in [0.3, 0.4) is 0 Å². The summed E-state index contributed by atoms with van der Waals surface area (Å²) in [4.78, 5) is 16.0. The van der Waals surface area contributed by atoms with E-state index in [0.717, 1.165) is 5.56 Å². The Morgan fingerprint density at radius 2 is 2.17 bits per heavy atom. The lowest BCUT2D eigenvalue weighted by Gasteiger charge is -2.09. The van der Waals surface area contributed by atoms with E-state index in [2.05, 4.69) is 15.5 Å². The largest absolute Gasteiger partial charge is 0.496 e. The van der Waals surface area contributed by atoms with E-state index in [4.69, 9.17) is 15.0 Å². The van der Waals surface area contributed by atoms with Gasteiger partial charge in [0, 0.05) is 6.42 Å². The second-order valence-electron chi connectivity index (χ2n) is 4.84. The zero-order valence-corrected chi connectivity index (χ0v) is 13.9. The second-order valence-corrected chi connectivity index (χ2v) is 4.84. The molecule has 2 rings (SSSR count). The SMILES string of the molecule is COc1ccccc1-c1noc(C(C)NC(=O)CCCN)n1.Cl. The Kier molecular flexibility index (Phi) is 7.50. The van der Waals surface area contributed by atoms with Crippen molar-refractivity contribution in [1.29, 1.82) is 0 Å². The van der Waals surface area contributed by atoms with Crippen LogP contribution in [0.15, 0.2) is 28.8 Å². The molecule has 0 aliphatic carbocycles. The number of benzene rings is 1. The lowest BCUT2D eigenvalue weighted by atomic mass is 10.2. The van der Waals surface area contributed by atoms with Crippen molar-refractivity contribution in [2.24, 2.45) is 5.73 Å². The maximum absolute atomic E-state index is 11.7. The van der Waals surface area contributed by atoms with Crippen LogP contribution in [-0.4, -0.2) is 29.7 Å². The Balaban J connectivity index is 0.00000264. The first-order valence-electron chi connectivity index (χ1n) is 7.12. The summed E-state index contributed by atoms with van der Waals surface area (Å²) in [5.41, 5.74) is 6.12. The molecule has 1 unspecified atom stereocenters. The van der Waals surface area contributed by atoms with Gasteiger partial charge in [-0.15, -0.1) is 12.4 Å². The van der Waals surface area contributed by atoms with Crippen molar-refractivity contribution < 1.29 is 14.1 Å². The standard InChI is InChI=1S/C15H20N4O3.ClH/c1-10(17-13(20)8-5-9-16)15-18-14(19-22-15)11-6-3-4-7-12(11)21-2;/h3-4,6-7,10H,5,8-9,16H2,1-2H3,(H,17,20);1H. The molecule has 0 aliphatic heterocycles. The minimum atomic E-state index is -0.360. The number of ether oxygens (including phenoxy) is 1. The summed E-state index contributed by atoms with van der Waals surface area (Å²) >= 11 is 0. The summed E-state index contributed by atoms with van der Waals surface area (Å²) in [7, 11) is 1.58. The molecule has 0 saturated heterocycles. The highest BCUT2D eigenvalue weighted by Crippen LogP contribution is 2.27. The van der Waals surface area contributed by atoms with E-state index in [-0.39, 0.29) is 24.4 Å². The Hall–Kier alpha value is -2.12. The summed E-state index contributed by atoms with van der Waals surface area (Å²) in [6, 6.07) is 7.04. The summed E-state index contributed by atoms with van der Waals surface area (Å²) in [6.45, 7) is 2.28. The molecule has 0 saturated carbocycles. The van der Waals surface area contributed by atoms with Gasteiger partial charge in [0.25, 0.3) is 0 Å². The van der Waals surface area contributed by atoms with Crippen LogP contribution in [0.2, 0.25) is 0 Å². The van der Waals surface area contributed by atoms with Gasteiger partial charge in [-0.05, 0) is 32.0 Å². The second kappa shape index (κ2) is 9.12. The number of nitrogens with zero attached hydrogens (tertiary/aromatic N) is 2. The number of aromatic nitrogens is 2. The van der Waals surface area contributed by atoms with E-state index >= 15 is 0 Å². The number of halogens is 1. The average molecular weight is 341 g/mol. The molecule has 7 nitrogen and oxygen atoms in total. The van der Waals surface area contributed by atoms with Gasteiger partial charge in [0.15, 0.2) is 0 Å². The minimum absolute atomic E-state index is 0. The molecule has 1 aromatic carbocycles. The lowest BCUT2D eigenvalue weighted by molar-refractivity contribution is -0.121. The number of nitrogens with two attached hydrogens (primary N) is 1. The Morgan fingerprint density at radius 1 is 1.43 bits per heavy atom. The van der Waals surface area contributed by atoms with Crippen molar-refractivity contribution in [3.8, 4) is 17.1 Å². The first-order chi connectivity index (χ1) is 10.7. The molecule has 23 heavy (non-hydrogen) atoms. The van der Waals surface area contributed by atoms with Crippen LogP contribution < -0.4 is 15.8 Å². The van der Waals surface area contributed by atoms with Crippen molar-refractivity contribution in [1.82, 2.24) is 15.5 Å². The monoisotopic (exact) mass is 340 g/mol. The highest BCUT2D eigenvalue weighted by molar-refractivity contribution is 5.85. The van der Waals surface area contributed by atoms with Crippen LogP contribution in [0.5, 0.6) is 5.75 Å². The molecule has 0 spiro atoms. The molecule has 0 aliphatic rings. The van der Waals surface area contributed by atoms with Gasteiger partial charge in [-0.25, -0.2) is 0 Å². The summed E-state index contributed by atoms with van der Waals surface area (Å²) in [6.07, 6.45) is 1.03. The summed E-state index contributed by atoms with van der Waals surface area (Å²) in [5.74, 6) is 1.35. The zero-order valence-electron chi connectivity index (χ0n) is 13.1. The predicted octanol–water partition coefficient (Wildman–Crippen LogP) is 2.08. The highest BCUT2D eigenvalue weighted by Gasteiger charge is 2.18. The minimum Gasteiger partial charge on any atom is -0.496 e. The van der Waals surface area contributed by atoms with Crippen molar-refractivity contribution in [2.45, 2.75) is 25.8 Å². The van der Waals surface area contributed by atoms with Crippen molar-refractivity contribution >= 4 is 18.3 Å². The quantitative estimate of drug-likeness (QED) is 0.799. The average Bonchev–Trinajstić information content (AvgIpc) is 3.02. The van der Waals surface area contributed by atoms with Gasteiger partial charge < -0.3 is 20.3 Å². The van der Waals surface area contributed by atoms with Crippen LogP contribution in [0.25, 0.3) is 11.4 Å². The first-order valence-corrected chi connectivity index (χ1v) is 7.12. The van der Waals surface area contributed by atoms with E-state index in [9.17, 15) is 4.79 Å². The number of carbonyl (C=O) groups excluding carboxylic acids is 1. The third kappa shape index (κ3) is 4.94. The van der Waals surface area contributed by atoms with Gasteiger partial charge in [0.2, 0.25) is 17.6 Å². The Labute approximate surface area is 141 Å². The summed E-state index contributed by atoms with van der Waals surface area (Å²) < 4.78 is 10.5. The van der Waals surface area contributed by atoms with Crippen molar-refractivity contribution in [2.75, 3.05) is 13.7 Å². The molecule has 1 amide bonds. The fourth-order valence-electron chi connectivity index (χ4n) is 1.99. The Morgan fingerprint density at radius 3 is 2.87 bits per heavy atom. The Bertz CT molecular complexity index is 633. The van der Waals surface area contributed by atoms with Gasteiger partial charge in [-0.3, -0.25) is 4.79 Å². The molecule has 1 aromatic heterocycles. The highest BCUT2D eigenvalue weighted by atomic mass is 35.5. The molecular weight excluding hydrogens is 320 g/mol. The molecule has 0 bridgehead atoms. The summed E-state index contributed by atoms with van der Waals surface area (Å²) in [5, 5.41) is 6.75.